The number of hydrogen-bond acceptors (Lipinski definition) is 3. The molecule has 4 nitrogen and oxygen atoms in total. The van der Waals surface area contributed by atoms with Gasteiger partial charge in [0.2, 0.25) is 0 Å². The highest BCUT2D eigenvalue weighted by Gasteiger charge is 2.19. The van der Waals surface area contributed by atoms with Crippen LogP contribution in [0.5, 0.6) is 0 Å². The van der Waals surface area contributed by atoms with Crippen LogP contribution in [-0.4, -0.2) is 41.8 Å². The van der Waals surface area contributed by atoms with Crippen molar-refractivity contribution < 1.29 is 19.0 Å². The van der Waals surface area contributed by atoms with Crippen LogP contribution in [0.4, 0.5) is 4.39 Å². The van der Waals surface area contributed by atoms with E-state index in [1.54, 1.807) is 6.08 Å². The Morgan fingerprint density at radius 2 is 2.03 bits per heavy atom. The molecule has 0 atom stereocenters. The minimum absolute atomic E-state index is 0.125. The normalized spacial score (nSPS) is 24.8. The molecule has 0 aromatic carbocycles. The van der Waals surface area contributed by atoms with Gasteiger partial charge in [0.05, 0.1) is 18.4 Å². The lowest BCUT2D eigenvalue weighted by molar-refractivity contribution is -0.136. The molecule has 0 amide bonds. The lowest BCUT2D eigenvalue weighted by atomic mass is 9.96. The highest BCUT2D eigenvalue weighted by Crippen LogP contribution is 2.26. The van der Waals surface area contributed by atoms with E-state index in [9.17, 15) is 9.18 Å². The fraction of sp³-hybridized carbons (Fsp3) is 0.480. The summed E-state index contributed by atoms with van der Waals surface area (Å²) in [4.78, 5) is 12.9. The van der Waals surface area contributed by atoms with Crippen molar-refractivity contribution in [3.63, 3.8) is 0 Å². The molecule has 1 fully saturated rings. The van der Waals surface area contributed by atoms with E-state index in [0.717, 1.165) is 43.4 Å². The van der Waals surface area contributed by atoms with E-state index in [1.165, 1.54) is 6.42 Å². The van der Waals surface area contributed by atoms with Gasteiger partial charge in [0.15, 0.2) is 0 Å². The number of carbonyl (C=O) groups is 1. The second-order valence-electron chi connectivity index (χ2n) is 8.03. The average molecular weight is 414 g/mol. The molecule has 2 aliphatic carbocycles. The molecule has 3 aliphatic rings. The maximum atomic E-state index is 14.8. The lowest BCUT2D eigenvalue weighted by Gasteiger charge is -2.26. The summed E-state index contributed by atoms with van der Waals surface area (Å²) >= 11 is 0. The van der Waals surface area contributed by atoms with Gasteiger partial charge in [0.25, 0.3) is 0 Å². The predicted molar refractivity (Wildman–Crippen MR) is 118 cm³/mol. The van der Waals surface area contributed by atoms with Gasteiger partial charge in [-0.1, -0.05) is 42.5 Å². The van der Waals surface area contributed by atoms with Crippen molar-refractivity contribution >= 4 is 5.97 Å². The maximum Gasteiger partial charge on any atom is 0.303 e. The van der Waals surface area contributed by atoms with Crippen molar-refractivity contribution in [1.29, 1.82) is 0 Å². The summed E-state index contributed by atoms with van der Waals surface area (Å²) in [5.74, 6) is -0.968. The number of nitrogens with zero attached hydrogens (tertiary/aromatic N) is 1. The molecule has 5 heteroatoms. The van der Waals surface area contributed by atoms with Crippen LogP contribution in [0.1, 0.15) is 51.4 Å². The quantitative estimate of drug-likeness (QED) is 0.588. The third-order valence-corrected chi connectivity index (χ3v) is 5.73. The number of aliphatic carboxylic acids is 1. The maximum absolute atomic E-state index is 14.8. The third-order valence-electron chi connectivity index (χ3n) is 5.73. The van der Waals surface area contributed by atoms with Crippen LogP contribution in [0.25, 0.3) is 0 Å². The topological polar surface area (TPSA) is 49.8 Å². The highest BCUT2D eigenvalue weighted by atomic mass is 19.1. The van der Waals surface area contributed by atoms with Crippen molar-refractivity contribution in [2.75, 3.05) is 19.7 Å². The predicted octanol–water partition coefficient (Wildman–Crippen LogP) is 5.62. The van der Waals surface area contributed by atoms with E-state index >= 15 is 0 Å². The van der Waals surface area contributed by atoms with Gasteiger partial charge in [-0.25, -0.2) is 4.39 Å². The van der Waals surface area contributed by atoms with Crippen LogP contribution in [-0.2, 0) is 9.53 Å². The van der Waals surface area contributed by atoms with Gasteiger partial charge in [-0.15, -0.1) is 0 Å². The van der Waals surface area contributed by atoms with Crippen molar-refractivity contribution in [3.05, 3.63) is 71.3 Å². The molecule has 3 rings (SSSR count). The molecule has 1 N–H and O–H groups in total. The molecular formula is C25H32FNO3. The smallest absolute Gasteiger partial charge is 0.303 e. The van der Waals surface area contributed by atoms with Gasteiger partial charge in [0.1, 0.15) is 5.83 Å². The summed E-state index contributed by atoms with van der Waals surface area (Å²) in [5.41, 5.74) is 2.76. The Bertz CT molecular complexity index is 784. The molecule has 1 heterocycles. The molecule has 0 aromatic heterocycles. The Labute approximate surface area is 178 Å². The Morgan fingerprint density at radius 3 is 2.80 bits per heavy atom. The third kappa shape index (κ3) is 7.13. The summed E-state index contributed by atoms with van der Waals surface area (Å²) in [5, 5.41) is 8.90. The van der Waals surface area contributed by atoms with Crippen molar-refractivity contribution in [2.24, 2.45) is 0 Å². The Morgan fingerprint density at radius 1 is 1.17 bits per heavy atom. The minimum atomic E-state index is -0.789. The molecule has 0 saturated heterocycles. The molecule has 1 aliphatic heterocycles. The van der Waals surface area contributed by atoms with E-state index in [0.29, 0.717) is 37.8 Å². The molecule has 0 radical (unpaired) electrons. The van der Waals surface area contributed by atoms with Gasteiger partial charge < -0.3 is 14.7 Å². The van der Waals surface area contributed by atoms with E-state index < -0.39 is 5.97 Å². The molecule has 162 valence electrons. The summed E-state index contributed by atoms with van der Waals surface area (Å²) < 4.78 is 20.7. The van der Waals surface area contributed by atoms with Crippen LogP contribution in [0, 0.1) is 0 Å². The van der Waals surface area contributed by atoms with Crippen LogP contribution < -0.4 is 0 Å². The van der Waals surface area contributed by atoms with Crippen LogP contribution in [0.2, 0.25) is 0 Å². The zero-order valence-corrected chi connectivity index (χ0v) is 17.6. The zero-order chi connectivity index (χ0) is 21.2. The van der Waals surface area contributed by atoms with E-state index in [4.69, 9.17) is 9.84 Å². The number of ether oxygens (including phenoxy) is 1. The van der Waals surface area contributed by atoms with Gasteiger partial charge in [0, 0.05) is 25.9 Å². The van der Waals surface area contributed by atoms with Crippen LogP contribution >= 0.6 is 0 Å². The number of carboxylic acid groups (broad SMARTS) is 1. The van der Waals surface area contributed by atoms with Crippen molar-refractivity contribution in [3.8, 4) is 0 Å². The minimum Gasteiger partial charge on any atom is -0.481 e. The number of hydrogen-bond donors (Lipinski definition) is 1. The molecule has 0 unspecified atom stereocenters. The average Bonchev–Trinajstić information content (AvgIpc) is 2.89. The zero-order valence-electron chi connectivity index (χ0n) is 17.6. The van der Waals surface area contributed by atoms with Crippen LogP contribution in [0.15, 0.2) is 71.3 Å². The summed E-state index contributed by atoms with van der Waals surface area (Å²) in [7, 11) is 0. The largest absolute Gasteiger partial charge is 0.481 e. The van der Waals surface area contributed by atoms with Gasteiger partial charge >= 0.3 is 5.97 Å². The second kappa shape index (κ2) is 11.7. The first kappa shape index (κ1) is 22.3. The van der Waals surface area contributed by atoms with Gasteiger partial charge in [-0.3, -0.25) is 4.79 Å². The monoisotopic (exact) mass is 413 g/mol. The second-order valence-corrected chi connectivity index (χ2v) is 8.03. The first-order chi connectivity index (χ1) is 14.6. The number of halogens is 1. The molecule has 30 heavy (non-hydrogen) atoms. The summed E-state index contributed by atoms with van der Waals surface area (Å²) in [6.07, 6.45) is 22.4. The Hall–Kier alpha value is -2.40. The molecule has 0 bridgehead atoms. The van der Waals surface area contributed by atoms with Crippen molar-refractivity contribution in [1.82, 2.24) is 4.90 Å². The Kier molecular flexibility index (Phi) is 8.69. The van der Waals surface area contributed by atoms with Gasteiger partial charge in [-0.05, 0) is 55.7 Å². The molecule has 0 spiro atoms. The SMILES string of the molecule is O=C(O)CCC1=C/C=C/CN(C2=C(F)C=CC(COC3CCC3)=CC2)CCC\C=C\1. The molecular weight excluding hydrogens is 381 g/mol. The number of rotatable bonds is 7. The highest BCUT2D eigenvalue weighted by molar-refractivity contribution is 5.67. The number of allylic oxidation sites excluding steroid dienone is 8. The fourth-order valence-corrected chi connectivity index (χ4v) is 3.63. The van der Waals surface area contributed by atoms with E-state index in [2.05, 4.69) is 17.1 Å². The molecule has 1 saturated carbocycles. The first-order valence-corrected chi connectivity index (χ1v) is 11.0. The van der Waals surface area contributed by atoms with Gasteiger partial charge in [-0.2, -0.15) is 0 Å². The number of carboxylic acids is 1. The summed E-state index contributed by atoms with van der Waals surface area (Å²) in [6, 6.07) is 0. The molecule has 0 aromatic rings. The van der Waals surface area contributed by atoms with E-state index in [1.807, 2.05) is 30.4 Å². The first-order valence-electron chi connectivity index (χ1n) is 11.0. The van der Waals surface area contributed by atoms with Crippen molar-refractivity contribution in [2.45, 2.75) is 57.5 Å². The van der Waals surface area contributed by atoms with Crippen LogP contribution in [0.3, 0.4) is 0 Å². The summed E-state index contributed by atoms with van der Waals surface area (Å²) in [6.45, 7) is 1.95. The Balaban J connectivity index is 1.62. The standard InChI is InChI=1S/C25H32FNO3/c26-23-14-11-21(19-30-22-9-6-10-22)12-15-24(23)27-17-4-1-2-7-20(8-3-5-18-27)13-16-25(28)29/h2-3,5,7-8,11-12,14,22H,1,4,6,9-10,13,15-19H2,(H,28,29)/b5-3+,7-2+,20-8+. The van der Waals surface area contributed by atoms with E-state index in [-0.39, 0.29) is 12.2 Å². The lowest BCUT2D eigenvalue weighted by Crippen LogP contribution is -2.25. The fourth-order valence-electron chi connectivity index (χ4n) is 3.63.